The summed E-state index contributed by atoms with van der Waals surface area (Å²) in [5.74, 6) is 0.00281. The van der Waals surface area contributed by atoms with Crippen LogP contribution in [0.2, 0.25) is 4.34 Å². The smallest absolute Gasteiger partial charge is 0.255 e. The Morgan fingerprint density at radius 2 is 1.94 bits per heavy atom. The van der Waals surface area contributed by atoms with Crippen LogP contribution in [0.3, 0.4) is 0 Å². The fourth-order valence-corrected chi connectivity index (χ4v) is 4.69. The van der Waals surface area contributed by atoms with Crippen LogP contribution in [0.1, 0.15) is 21.8 Å². The largest absolute Gasteiger partial charge is 0.328 e. The fourth-order valence-electron chi connectivity index (χ4n) is 3.68. The predicted octanol–water partition coefficient (Wildman–Crippen LogP) is 4.30. The molecule has 8 nitrogen and oxygen atoms in total. The number of pyridine rings is 2. The first-order valence-electron chi connectivity index (χ1n) is 10.7. The van der Waals surface area contributed by atoms with Crippen molar-refractivity contribution >= 4 is 28.7 Å². The average molecular weight is 504 g/mol. The van der Waals surface area contributed by atoms with E-state index in [0.717, 1.165) is 11.1 Å². The molecule has 174 valence electrons. The summed E-state index contributed by atoms with van der Waals surface area (Å²) < 4.78 is 3.74. The lowest BCUT2D eigenvalue weighted by molar-refractivity contribution is 0.0986. The summed E-state index contributed by atoms with van der Waals surface area (Å²) in [5, 5.41) is 8.49. The average Bonchev–Trinajstić information content (AvgIpc) is 3.52. The number of hydrogen-bond donors (Lipinski definition) is 1. The van der Waals surface area contributed by atoms with Crippen LogP contribution in [-0.2, 0) is 6.42 Å². The van der Waals surface area contributed by atoms with Crippen molar-refractivity contribution in [1.82, 2.24) is 24.5 Å². The molecule has 0 aliphatic carbocycles. The number of benzene rings is 1. The number of H-pyrrole nitrogens is 1. The molecule has 0 fully saturated rings. The first kappa shape index (κ1) is 22.7. The molecule has 0 radical (unpaired) electrons. The number of thiophene rings is 1. The summed E-state index contributed by atoms with van der Waals surface area (Å²) in [6.07, 6.45) is 5.80. The van der Waals surface area contributed by atoms with Crippen LogP contribution in [0.5, 0.6) is 0 Å². The Bertz CT molecular complexity index is 1630. The van der Waals surface area contributed by atoms with Gasteiger partial charge in [-0.3, -0.25) is 19.0 Å². The van der Waals surface area contributed by atoms with Gasteiger partial charge in [0.15, 0.2) is 5.78 Å². The van der Waals surface area contributed by atoms with Crippen LogP contribution in [-0.4, -0.2) is 30.3 Å². The first-order valence-corrected chi connectivity index (χ1v) is 11.9. The molecule has 0 unspecified atom stereocenters. The molecule has 10 heteroatoms. The third-order valence-electron chi connectivity index (χ3n) is 5.42. The Hall–Kier alpha value is -4.08. The van der Waals surface area contributed by atoms with Gasteiger partial charge in [-0.05, 0) is 42.5 Å². The van der Waals surface area contributed by atoms with Gasteiger partial charge in [0.25, 0.3) is 5.56 Å². The molecule has 0 saturated heterocycles. The van der Waals surface area contributed by atoms with Gasteiger partial charge in [0.05, 0.1) is 26.8 Å². The standard InChI is InChI=1S/C25H18ClN5O3S/c26-23-10-9-22(35-23)21(32)8-5-17-15-31(29-28-17)20-7-6-18(30-12-2-1-3-25(30)34)13-19(20)16-4-11-24(33)27-14-16/h1-4,6-7,9-15H,5,8H2,(H,27,33). The number of Topliss-reactive ketones (excluding diaryl/α,β-unsaturated/α-hetero) is 1. The quantitative estimate of drug-likeness (QED) is 0.333. The summed E-state index contributed by atoms with van der Waals surface area (Å²) in [7, 11) is 0. The maximum atomic E-state index is 12.4. The summed E-state index contributed by atoms with van der Waals surface area (Å²) in [6, 6.07) is 17.0. The fraction of sp³-hybridized carbons (Fsp3) is 0.0800. The molecule has 1 aromatic carbocycles. The molecule has 5 rings (SSSR count). The highest BCUT2D eigenvalue weighted by Gasteiger charge is 2.14. The van der Waals surface area contributed by atoms with Gasteiger partial charge >= 0.3 is 0 Å². The molecule has 0 bridgehead atoms. The number of halogens is 1. The number of carbonyl (C=O) groups is 1. The van der Waals surface area contributed by atoms with Gasteiger partial charge in [0.1, 0.15) is 0 Å². The summed E-state index contributed by atoms with van der Waals surface area (Å²) in [4.78, 5) is 39.7. The first-order chi connectivity index (χ1) is 17.0. The zero-order chi connectivity index (χ0) is 24.4. The molecule has 5 aromatic rings. The molecule has 0 atom stereocenters. The van der Waals surface area contributed by atoms with Crippen LogP contribution in [0.25, 0.3) is 22.5 Å². The van der Waals surface area contributed by atoms with Crippen molar-refractivity contribution in [2.75, 3.05) is 0 Å². The van der Waals surface area contributed by atoms with Gasteiger partial charge in [-0.15, -0.1) is 16.4 Å². The Balaban J connectivity index is 1.48. The number of rotatable bonds is 7. The van der Waals surface area contributed by atoms with Gasteiger partial charge in [0.2, 0.25) is 5.56 Å². The third-order valence-corrected chi connectivity index (χ3v) is 6.69. The van der Waals surface area contributed by atoms with Crippen LogP contribution in [0, 0.1) is 0 Å². The number of nitrogens with zero attached hydrogens (tertiary/aromatic N) is 4. The van der Waals surface area contributed by atoms with Crippen LogP contribution in [0.4, 0.5) is 0 Å². The van der Waals surface area contributed by atoms with E-state index in [-0.39, 0.29) is 23.3 Å². The van der Waals surface area contributed by atoms with Crippen LogP contribution in [0.15, 0.2) is 88.8 Å². The number of hydrogen-bond acceptors (Lipinski definition) is 6. The monoisotopic (exact) mass is 503 g/mol. The van der Waals surface area contributed by atoms with Crippen molar-refractivity contribution in [3.63, 3.8) is 0 Å². The summed E-state index contributed by atoms with van der Waals surface area (Å²) >= 11 is 7.19. The molecular formula is C25H18ClN5O3S. The maximum Gasteiger partial charge on any atom is 0.255 e. The Labute approximate surface area is 208 Å². The van der Waals surface area contributed by atoms with Crippen molar-refractivity contribution < 1.29 is 4.79 Å². The lowest BCUT2D eigenvalue weighted by atomic mass is 10.0. The third kappa shape index (κ3) is 4.91. The van der Waals surface area contributed by atoms with Crippen molar-refractivity contribution in [3.05, 3.63) is 115 Å². The molecular weight excluding hydrogens is 486 g/mol. The van der Waals surface area contributed by atoms with Crippen LogP contribution >= 0.6 is 22.9 Å². The zero-order valence-corrected chi connectivity index (χ0v) is 19.8. The van der Waals surface area contributed by atoms with E-state index in [0.29, 0.717) is 32.7 Å². The van der Waals surface area contributed by atoms with Gasteiger partial charge in [-0.2, -0.15) is 0 Å². The summed E-state index contributed by atoms with van der Waals surface area (Å²) in [6.45, 7) is 0. The maximum absolute atomic E-state index is 12.4. The van der Waals surface area contributed by atoms with Crippen molar-refractivity contribution in [2.24, 2.45) is 0 Å². The van der Waals surface area contributed by atoms with Gasteiger partial charge < -0.3 is 4.98 Å². The molecule has 0 amide bonds. The minimum absolute atomic E-state index is 0.00281. The lowest BCUT2D eigenvalue weighted by Crippen LogP contribution is -2.15. The second kappa shape index (κ2) is 9.65. The second-order valence-corrected chi connectivity index (χ2v) is 9.45. The molecule has 0 saturated carbocycles. The Kier molecular flexibility index (Phi) is 6.26. The van der Waals surface area contributed by atoms with E-state index in [1.165, 1.54) is 28.0 Å². The second-order valence-electron chi connectivity index (χ2n) is 7.73. The molecule has 0 spiro atoms. The highest BCUT2D eigenvalue weighted by atomic mass is 35.5. The number of ketones is 1. The van der Waals surface area contributed by atoms with Crippen molar-refractivity contribution in [1.29, 1.82) is 0 Å². The van der Waals surface area contributed by atoms with E-state index in [4.69, 9.17) is 11.6 Å². The van der Waals surface area contributed by atoms with E-state index in [1.54, 1.807) is 53.6 Å². The van der Waals surface area contributed by atoms with Gasteiger partial charge in [0, 0.05) is 54.2 Å². The van der Waals surface area contributed by atoms with Crippen molar-refractivity contribution in [3.8, 4) is 22.5 Å². The Morgan fingerprint density at radius 3 is 2.69 bits per heavy atom. The SMILES string of the molecule is O=C(CCc1cn(-c2ccc(-n3ccccc3=O)cc2-c2ccc(=O)[nH]c2)nn1)c1ccc(Cl)s1. The number of aromatic amines is 1. The molecule has 0 aliphatic rings. The molecule has 35 heavy (non-hydrogen) atoms. The predicted molar refractivity (Wildman–Crippen MR) is 135 cm³/mol. The van der Waals surface area contributed by atoms with Gasteiger partial charge in [-0.25, -0.2) is 4.68 Å². The zero-order valence-electron chi connectivity index (χ0n) is 18.2. The van der Waals surface area contributed by atoms with E-state index < -0.39 is 0 Å². The van der Waals surface area contributed by atoms with Crippen molar-refractivity contribution in [2.45, 2.75) is 12.8 Å². The van der Waals surface area contributed by atoms with Crippen LogP contribution < -0.4 is 11.1 Å². The highest BCUT2D eigenvalue weighted by molar-refractivity contribution is 7.18. The van der Waals surface area contributed by atoms with E-state index >= 15 is 0 Å². The molecule has 4 heterocycles. The Morgan fingerprint density at radius 1 is 1.06 bits per heavy atom. The summed E-state index contributed by atoms with van der Waals surface area (Å²) in [5.41, 5.74) is 3.15. The number of aryl methyl sites for hydroxylation is 1. The normalized spacial score (nSPS) is 11.0. The topological polar surface area (TPSA) is 103 Å². The van der Waals surface area contributed by atoms with E-state index in [1.807, 2.05) is 18.2 Å². The molecule has 1 N–H and O–H groups in total. The number of carbonyl (C=O) groups excluding carboxylic acids is 1. The van der Waals surface area contributed by atoms with Gasteiger partial charge in [-0.1, -0.05) is 22.9 Å². The lowest BCUT2D eigenvalue weighted by Gasteiger charge is -2.13. The number of aromatic nitrogens is 5. The van der Waals surface area contributed by atoms with E-state index in [2.05, 4.69) is 15.3 Å². The molecule has 0 aliphatic heterocycles. The van der Waals surface area contributed by atoms with E-state index in [9.17, 15) is 14.4 Å². The highest BCUT2D eigenvalue weighted by Crippen LogP contribution is 2.28. The minimum Gasteiger partial charge on any atom is -0.328 e. The minimum atomic E-state index is -0.217. The molecule has 4 aromatic heterocycles. The number of nitrogens with one attached hydrogen (secondary N) is 1.